The van der Waals surface area contributed by atoms with Crippen LogP contribution in [-0.4, -0.2) is 29.7 Å². The van der Waals surface area contributed by atoms with Gasteiger partial charge in [-0.15, -0.1) is 0 Å². The largest absolute Gasteiger partial charge is 0.447 e. The van der Waals surface area contributed by atoms with Crippen LogP contribution in [0.25, 0.3) is 0 Å². The van der Waals surface area contributed by atoms with E-state index in [9.17, 15) is 4.79 Å². The van der Waals surface area contributed by atoms with Crippen molar-refractivity contribution in [1.82, 2.24) is 4.90 Å². The summed E-state index contributed by atoms with van der Waals surface area (Å²) in [5, 5.41) is 0. The summed E-state index contributed by atoms with van der Waals surface area (Å²) < 4.78 is 4.95. The Balaban J connectivity index is 2.21. The van der Waals surface area contributed by atoms with Gasteiger partial charge < -0.3 is 4.74 Å². The van der Waals surface area contributed by atoms with E-state index in [-0.39, 0.29) is 6.09 Å². The fraction of sp³-hybridized carbons (Fsp3) is 0.875. The molecule has 3 nitrogen and oxygen atoms in total. The molecule has 2 saturated heterocycles. The third kappa shape index (κ3) is 0.832. The zero-order valence-electron chi connectivity index (χ0n) is 6.91. The first-order chi connectivity index (χ1) is 5.20. The molecule has 0 unspecified atom stereocenters. The second-order valence-electron chi connectivity index (χ2n) is 3.61. The van der Waals surface area contributed by atoms with Gasteiger partial charge in [-0.25, -0.2) is 4.79 Å². The molecule has 2 rings (SSSR count). The Bertz CT molecular complexity index is 193. The van der Waals surface area contributed by atoms with Crippen LogP contribution in [0.1, 0.15) is 20.3 Å². The van der Waals surface area contributed by atoms with Gasteiger partial charge in [0.05, 0.1) is 6.04 Å². The van der Waals surface area contributed by atoms with Gasteiger partial charge in [0.15, 0.2) is 0 Å². The van der Waals surface area contributed by atoms with Crippen molar-refractivity contribution >= 4 is 6.09 Å². The molecule has 2 heterocycles. The molecular formula is C8H13NO2. The summed E-state index contributed by atoms with van der Waals surface area (Å²) in [4.78, 5) is 13.0. The molecule has 0 saturated carbocycles. The molecule has 0 aromatic heterocycles. The van der Waals surface area contributed by atoms with Crippen LogP contribution in [-0.2, 0) is 4.74 Å². The zero-order valence-corrected chi connectivity index (χ0v) is 6.91. The summed E-state index contributed by atoms with van der Waals surface area (Å²) in [6, 6.07) is 0.738. The van der Waals surface area contributed by atoms with Gasteiger partial charge in [0, 0.05) is 6.04 Å². The van der Waals surface area contributed by atoms with Crippen LogP contribution in [0.3, 0.4) is 0 Å². The lowest BCUT2D eigenvalue weighted by molar-refractivity contribution is 0.151. The molecule has 3 atom stereocenters. The first kappa shape index (κ1) is 6.95. The van der Waals surface area contributed by atoms with Crippen molar-refractivity contribution in [2.24, 2.45) is 5.92 Å². The van der Waals surface area contributed by atoms with Crippen molar-refractivity contribution in [2.45, 2.75) is 32.4 Å². The Morgan fingerprint density at radius 1 is 1.55 bits per heavy atom. The van der Waals surface area contributed by atoms with Gasteiger partial charge in [-0.05, 0) is 19.3 Å². The van der Waals surface area contributed by atoms with Gasteiger partial charge >= 0.3 is 6.09 Å². The summed E-state index contributed by atoms with van der Waals surface area (Å²) >= 11 is 0. The molecule has 2 aliphatic heterocycles. The molecule has 0 bridgehead atoms. The zero-order chi connectivity index (χ0) is 8.01. The van der Waals surface area contributed by atoms with E-state index in [4.69, 9.17) is 4.74 Å². The second kappa shape index (κ2) is 2.13. The molecule has 62 valence electrons. The number of hydrogen-bond donors (Lipinski definition) is 0. The maximum atomic E-state index is 11.1. The lowest BCUT2D eigenvalue weighted by atomic mass is 10.0. The molecule has 0 aromatic carbocycles. The predicted molar refractivity (Wildman–Crippen MR) is 40.2 cm³/mol. The van der Waals surface area contributed by atoms with E-state index < -0.39 is 0 Å². The van der Waals surface area contributed by atoms with E-state index >= 15 is 0 Å². The summed E-state index contributed by atoms with van der Waals surface area (Å²) in [7, 11) is 0. The molecule has 0 N–H and O–H groups in total. The molecule has 2 aliphatic rings. The predicted octanol–water partition coefficient (Wildman–Crippen LogP) is 1.24. The smallest absolute Gasteiger partial charge is 0.410 e. The van der Waals surface area contributed by atoms with Gasteiger partial charge in [0.1, 0.15) is 6.61 Å². The monoisotopic (exact) mass is 155 g/mol. The number of cyclic esters (lactones) is 1. The molecule has 0 radical (unpaired) electrons. The fourth-order valence-electron chi connectivity index (χ4n) is 2.20. The fourth-order valence-corrected chi connectivity index (χ4v) is 2.20. The Kier molecular flexibility index (Phi) is 1.34. The van der Waals surface area contributed by atoms with E-state index in [1.807, 2.05) is 4.90 Å². The standard InChI is InChI=1S/C8H13NO2/c1-5-3-6(2)9-7(5)4-11-8(9)10/h5-7H,3-4H2,1-2H3/t5-,6+,7+/m1/s1. The Hall–Kier alpha value is -0.730. The lowest BCUT2D eigenvalue weighted by Crippen LogP contribution is -2.34. The molecule has 0 spiro atoms. The minimum absolute atomic E-state index is 0.119. The second-order valence-corrected chi connectivity index (χ2v) is 3.61. The first-order valence-corrected chi connectivity index (χ1v) is 4.15. The molecule has 1 amide bonds. The maximum absolute atomic E-state index is 11.1. The number of ether oxygens (including phenoxy) is 1. The van der Waals surface area contributed by atoms with Gasteiger partial charge in [-0.1, -0.05) is 6.92 Å². The normalized spacial score (nSPS) is 42.5. The van der Waals surface area contributed by atoms with Gasteiger partial charge in [-0.3, -0.25) is 4.90 Å². The molecule has 11 heavy (non-hydrogen) atoms. The highest BCUT2D eigenvalue weighted by atomic mass is 16.6. The van der Waals surface area contributed by atoms with Crippen LogP contribution in [0.15, 0.2) is 0 Å². The van der Waals surface area contributed by atoms with Gasteiger partial charge in [0.2, 0.25) is 0 Å². The Morgan fingerprint density at radius 2 is 2.27 bits per heavy atom. The highest BCUT2D eigenvalue weighted by Gasteiger charge is 2.45. The van der Waals surface area contributed by atoms with Crippen molar-refractivity contribution < 1.29 is 9.53 Å². The van der Waals surface area contributed by atoms with Crippen LogP contribution >= 0.6 is 0 Å². The third-order valence-corrected chi connectivity index (χ3v) is 2.79. The minimum Gasteiger partial charge on any atom is -0.447 e. The Morgan fingerprint density at radius 3 is 2.91 bits per heavy atom. The number of carbonyl (C=O) groups is 1. The topological polar surface area (TPSA) is 29.5 Å². The summed E-state index contributed by atoms with van der Waals surface area (Å²) in [5.41, 5.74) is 0. The third-order valence-electron chi connectivity index (χ3n) is 2.79. The van der Waals surface area contributed by atoms with Crippen LogP contribution < -0.4 is 0 Å². The molecule has 0 aromatic rings. The number of amides is 1. The molecular weight excluding hydrogens is 142 g/mol. The van der Waals surface area contributed by atoms with Crippen LogP contribution in [0.2, 0.25) is 0 Å². The van der Waals surface area contributed by atoms with Crippen molar-refractivity contribution in [3.63, 3.8) is 0 Å². The number of rotatable bonds is 0. The van der Waals surface area contributed by atoms with Gasteiger partial charge in [-0.2, -0.15) is 0 Å². The van der Waals surface area contributed by atoms with E-state index in [0.717, 1.165) is 6.42 Å². The van der Waals surface area contributed by atoms with Crippen molar-refractivity contribution in [3.05, 3.63) is 0 Å². The molecule has 3 heteroatoms. The maximum Gasteiger partial charge on any atom is 0.410 e. The number of hydrogen-bond acceptors (Lipinski definition) is 2. The quantitative estimate of drug-likeness (QED) is 0.526. The van der Waals surface area contributed by atoms with Crippen molar-refractivity contribution in [3.8, 4) is 0 Å². The summed E-state index contributed by atoms with van der Waals surface area (Å²) in [6.07, 6.45) is 1.01. The van der Waals surface area contributed by atoms with Crippen LogP contribution in [0.5, 0.6) is 0 Å². The van der Waals surface area contributed by atoms with E-state index in [1.165, 1.54) is 0 Å². The highest BCUT2D eigenvalue weighted by molar-refractivity contribution is 5.71. The Labute approximate surface area is 66.3 Å². The molecule has 2 fully saturated rings. The number of carbonyl (C=O) groups excluding carboxylic acids is 1. The SMILES string of the molecule is C[C@@H]1C[C@H](C)N2C(=O)OC[C@@H]12. The molecule has 0 aliphatic carbocycles. The average molecular weight is 155 g/mol. The van der Waals surface area contributed by atoms with Crippen LogP contribution in [0.4, 0.5) is 4.79 Å². The minimum atomic E-state index is -0.119. The van der Waals surface area contributed by atoms with Crippen LogP contribution in [0, 0.1) is 5.92 Å². The average Bonchev–Trinajstić information content (AvgIpc) is 2.41. The van der Waals surface area contributed by atoms with Crippen molar-refractivity contribution in [2.75, 3.05) is 6.61 Å². The van der Waals surface area contributed by atoms with E-state index in [0.29, 0.717) is 24.6 Å². The number of nitrogens with zero attached hydrogens (tertiary/aromatic N) is 1. The van der Waals surface area contributed by atoms with Gasteiger partial charge in [0.25, 0.3) is 0 Å². The highest BCUT2D eigenvalue weighted by Crippen LogP contribution is 2.33. The van der Waals surface area contributed by atoms with E-state index in [2.05, 4.69) is 13.8 Å². The lowest BCUT2D eigenvalue weighted by Gasteiger charge is -2.16. The number of fused-ring (bicyclic) bond motifs is 1. The van der Waals surface area contributed by atoms with E-state index in [1.54, 1.807) is 0 Å². The van der Waals surface area contributed by atoms with Crippen molar-refractivity contribution in [1.29, 1.82) is 0 Å². The summed E-state index contributed by atoms with van der Waals surface area (Å²) in [5.74, 6) is 0.608. The summed E-state index contributed by atoms with van der Waals surface area (Å²) in [6.45, 7) is 4.87. The first-order valence-electron chi connectivity index (χ1n) is 4.15.